The van der Waals surface area contributed by atoms with Crippen LogP contribution in [-0.2, 0) is 24.3 Å². The molecule has 0 spiro atoms. The molecule has 1 aromatic heterocycles. The van der Waals surface area contributed by atoms with E-state index >= 15 is 0 Å². The highest BCUT2D eigenvalue weighted by atomic mass is 31.2. The minimum atomic E-state index is -5.12. The van der Waals surface area contributed by atoms with E-state index in [1.54, 1.807) is 0 Å². The summed E-state index contributed by atoms with van der Waals surface area (Å²) >= 11 is 0. The number of ether oxygens (including phenoxy) is 2. The third-order valence-electron chi connectivity index (χ3n) is 4.12. The fourth-order valence-electron chi connectivity index (χ4n) is 3.14. The Morgan fingerprint density at radius 3 is 2.50 bits per heavy atom. The minimum Gasteiger partial charge on any atom is -0.394 e. The summed E-state index contributed by atoms with van der Waals surface area (Å²) in [6, 6.07) is 1.000. The van der Waals surface area contributed by atoms with Gasteiger partial charge in [0.15, 0.2) is 6.10 Å². The van der Waals surface area contributed by atoms with Gasteiger partial charge in [0, 0.05) is 18.9 Å². The fraction of sp³-hybridized carbons (Fsp3) is 0.692. The first kappa shape index (κ1) is 20.9. The predicted octanol–water partition coefficient (Wildman–Crippen LogP) is -1.81. The van der Waals surface area contributed by atoms with Crippen molar-refractivity contribution < 1.29 is 38.6 Å². The monoisotopic (exact) mass is 396 g/mol. The lowest BCUT2D eigenvalue weighted by Crippen LogP contribution is -2.62. The first-order valence-electron chi connectivity index (χ1n) is 7.76. The van der Waals surface area contributed by atoms with Gasteiger partial charge in [0.1, 0.15) is 6.10 Å². The second-order valence-corrected chi connectivity index (χ2v) is 6.79. The number of aliphatic hydroxyl groups is 2. The number of H-pyrrole nitrogens is 1. The number of phosphoric ester groups is 1. The van der Waals surface area contributed by atoms with E-state index in [-0.39, 0.29) is 13.0 Å². The number of hydrogen-bond acceptors (Lipinski definition) is 8. The highest BCUT2D eigenvalue weighted by molar-refractivity contribution is 7.46. The Kier molecular flexibility index (Phi) is 5.90. The summed E-state index contributed by atoms with van der Waals surface area (Å²) in [6.45, 7) is 2.07. The Hall–Kier alpha value is -1.37. The highest BCUT2D eigenvalue weighted by Gasteiger charge is 2.69. The van der Waals surface area contributed by atoms with Crippen LogP contribution in [0.1, 0.15) is 20.3 Å². The molecule has 0 saturated carbocycles. The Morgan fingerprint density at radius 1 is 1.38 bits per heavy atom. The van der Waals surface area contributed by atoms with E-state index < -0.39 is 49.4 Å². The first-order chi connectivity index (χ1) is 12.0. The van der Waals surface area contributed by atoms with Crippen LogP contribution in [-0.4, -0.2) is 60.8 Å². The van der Waals surface area contributed by atoms with Crippen molar-refractivity contribution in [1.29, 1.82) is 0 Å². The van der Waals surface area contributed by atoms with Gasteiger partial charge in [-0.2, -0.15) is 0 Å². The van der Waals surface area contributed by atoms with E-state index in [0.29, 0.717) is 0 Å². The van der Waals surface area contributed by atoms with Crippen molar-refractivity contribution in [3.05, 3.63) is 33.1 Å². The Bertz CT molecular complexity index is 803. The third-order valence-corrected chi connectivity index (χ3v) is 4.62. The zero-order chi connectivity index (χ0) is 19.8. The maximum atomic E-state index is 12.3. The summed E-state index contributed by atoms with van der Waals surface area (Å²) in [4.78, 5) is 43.9. The zero-order valence-corrected chi connectivity index (χ0v) is 15.0. The van der Waals surface area contributed by atoms with Crippen molar-refractivity contribution in [2.45, 2.75) is 44.0 Å². The van der Waals surface area contributed by atoms with Crippen LogP contribution in [0.5, 0.6) is 0 Å². The Labute approximate surface area is 147 Å². The van der Waals surface area contributed by atoms with Gasteiger partial charge in [0.25, 0.3) is 5.56 Å². The van der Waals surface area contributed by atoms with Gasteiger partial charge in [-0.25, -0.2) is 9.36 Å². The maximum Gasteiger partial charge on any atom is 0.470 e. The van der Waals surface area contributed by atoms with Crippen molar-refractivity contribution in [3.8, 4) is 0 Å². The molecule has 1 aromatic rings. The second kappa shape index (κ2) is 7.33. The second-order valence-electron chi connectivity index (χ2n) is 5.60. The number of rotatable bonds is 7. The lowest BCUT2D eigenvalue weighted by atomic mass is 9.95. The lowest BCUT2D eigenvalue weighted by molar-refractivity contribution is -0.322. The normalized spacial score (nSPS) is 32.1. The van der Waals surface area contributed by atoms with Gasteiger partial charge in [0.2, 0.25) is 11.5 Å². The van der Waals surface area contributed by atoms with Crippen molar-refractivity contribution >= 4 is 7.82 Å². The SMILES string of the molecule is CCO[C@@]1(O)[C@H](OP(=O)(O)O)[C@@H](CO)O[C@@]1(CC)n1ccc(=O)[nH]c1=O. The standard InChI is InChI=1S/C13H21N2O10P/c1-3-12(15-6-5-9(17)14-11(15)18)13(19,23-4-2)10(8(7-16)24-12)25-26(20,21)22/h5-6,8,10,16,19H,3-4,7H2,1-2H3,(H,14,17,18)(H2,20,21,22)/t8-,10-,12-,13+/m1/s1. The van der Waals surface area contributed by atoms with E-state index in [1.807, 2.05) is 4.98 Å². The van der Waals surface area contributed by atoms with Crippen LogP contribution >= 0.6 is 7.82 Å². The van der Waals surface area contributed by atoms with E-state index in [9.17, 15) is 24.4 Å². The summed E-state index contributed by atoms with van der Waals surface area (Å²) in [6.07, 6.45) is -2.35. The van der Waals surface area contributed by atoms with Gasteiger partial charge >= 0.3 is 13.5 Å². The van der Waals surface area contributed by atoms with Gasteiger partial charge < -0.3 is 29.5 Å². The maximum absolute atomic E-state index is 12.3. The average molecular weight is 396 g/mol. The molecule has 1 fully saturated rings. The zero-order valence-electron chi connectivity index (χ0n) is 14.1. The van der Waals surface area contributed by atoms with E-state index in [0.717, 1.165) is 16.8 Å². The molecule has 5 N–H and O–H groups in total. The van der Waals surface area contributed by atoms with Crippen molar-refractivity contribution in [3.63, 3.8) is 0 Å². The van der Waals surface area contributed by atoms with Crippen LogP contribution in [0.25, 0.3) is 0 Å². The average Bonchev–Trinajstić information content (AvgIpc) is 2.76. The van der Waals surface area contributed by atoms with Gasteiger partial charge in [-0.05, 0) is 13.3 Å². The molecule has 0 aromatic carbocycles. The van der Waals surface area contributed by atoms with Gasteiger partial charge in [-0.3, -0.25) is 18.9 Å². The smallest absolute Gasteiger partial charge is 0.394 e. The highest BCUT2D eigenvalue weighted by Crippen LogP contribution is 2.52. The molecule has 1 saturated heterocycles. The number of nitrogens with zero attached hydrogens (tertiary/aromatic N) is 1. The molecule has 0 amide bonds. The van der Waals surface area contributed by atoms with Crippen LogP contribution in [0, 0.1) is 0 Å². The number of phosphoric acid groups is 1. The molecule has 2 heterocycles. The Morgan fingerprint density at radius 2 is 2.04 bits per heavy atom. The molecule has 1 aliphatic rings. The number of nitrogens with one attached hydrogen (secondary N) is 1. The molecule has 148 valence electrons. The van der Waals surface area contributed by atoms with Crippen molar-refractivity contribution in [2.24, 2.45) is 0 Å². The largest absolute Gasteiger partial charge is 0.470 e. The van der Waals surface area contributed by atoms with E-state index in [4.69, 9.17) is 19.3 Å². The van der Waals surface area contributed by atoms with Crippen LogP contribution in [0.4, 0.5) is 0 Å². The molecular formula is C13H21N2O10P. The van der Waals surface area contributed by atoms with Crippen molar-refractivity contribution in [2.75, 3.05) is 13.2 Å². The summed E-state index contributed by atoms with van der Waals surface area (Å²) in [5.41, 5.74) is -3.68. The first-order valence-corrected chi connectivity index (χ1v) is 9.29. The van der Waals surface area contributed by atoms with E-state index in [1.165, 1.54) is 13.8 Å². The van der Waals surface area contributed by atoms with Crippen molar-refractivity contribution in [1.82, 2.24) is 9.55 Å². The summed E-state index contributed by atoms with van der Waals surface area (Å²) < 4.78 is 27.8. The summed E-state index contributed by atoms with van der Waals surface area (Å²) in [7, 11) is -5.12. The molecule has 13 heteroatoms. The number of aromatic nitrogens is 2. The molecule has 4 atom stereocenters. The molecular weight excluding hydrogens is 375 g/mol. The van der Waals surface area contributed by atoms with Gasteiger partial charge in [0.05, 0.1) is 6.61 Å². The molecule has 0 radical (unpaired) electrons. The lowest BCUT2D eigenvalue weighted by Gasteiger charge is -2.41. The minimum absolute atomic E-state index is 0.132. The molecule has 0 bridgehead atoms. The quantitative estimate of drug-likeness (QED) is 0.260. The number of aliphatic hydroxyl groups excluding tert-OH is 1. The van der Waals surface area contributed by atoms with Gasteiger partial charge in [-0.15, -0.1) is 0 Å². The Balaban J connectivity index is 2.72. The molecule has 1 aliphatic heterocycles. The summed E-state index contributed by atoms with van der Waals surface area (Å²) in [5.74, 6) is -2.56. The fourth-order valence-corrected chi connectivity index (χ4v) is 3.72. The van der Waals surface area contributed by atoms with E-state index in [2.05, 4.69) is 4.52 Å². The molecule has 0 aliphatic carbocycles. The van der Waals surface area contributed by atoms with Crippen LogP contribution < -0.4 is 11.2 Å². The number of hydrogen-bond donors (Lipinski definition) is 5. The van der Waals surface area contributed by atoms with Crippen LogP contribution in [0.15, 0.2) is 21.9 Å². The van der Waals surface area contributed by atoms with Crippen LogP contribution in [0.3, 0.4) is 0 Å². The molecule has 26 heavy (non-hydrogen) atoms. The van der Waals surface area contributed by atoms with Gasteiger partial charge in [-0.1, -0.05) is 6.92 Å². The molecule has 0 unspecified atom stereocenters. The number of aromatic amines is 1. The summed E-state index contributed by atoms with van der Waals surface area (Å²) in [5, 5.41) is 20.7. The third kappa shape index (κ3) is 3.42. The predicted molar refractivity (Wildman–Crippen MR) is 85.0 cm³/mol. The molecule has 12 nitrogen and oxygen atoms in total. The van der Waals surface area contributed by atoms with Crippen LogP contribution in [0.2, 0.25) is 0 Å². The topological polar surface area (TPSA) is 181 Å². The molecule has 2 rings (SSSR count).